The van der Waals surface area contributed by atoms with E-state index in [0.29, 0.717) is 0 Å². The molecule has 0 aromatic heterocycles. The molecule has 0 spiro atoms. The van der Waals surface area contributed by atoms with Crippen LogP contribution in [0, 0.1) is 0 Å². The molecule has 0 radical (unpaired) electrons. The normalized spacial score (nSPS) is 8.44. The van der Waals surface area contributed by atoms with Gasteiger partial charge in [-0.15, -0.1) is 10.2 Å². The number of carbonyl (C=O) groups is 2. The van der Waals surface area contributed by atoms with Crippen LogP contribution < -0.4 is 10.2 Å². The van der Waals surface area contributed by atoms with Crippen molar-refractivity contribution in [3.63, 3.8) is 0 Å². The second-order valence-electron chi connectivity index (χ2n) is 0.732. The monoisotopic (exact) mass is 254 g/mol. The Kier molecular flexibility index (Phi) is 8.21. The third-order valence-corrected chi connectivity index (χ3v) is 0.213. The summed E-state index contributed by atoms with van der Waals surface area (Å²) in [5.74, 6) is 0. The fraction of sp³-hybridized carbons (Fsp3) is 0. The average Bonchev–Trinajstić information content (AvgIpc) is 1.61. The van der Waals surface area contributed by atoms with Crippen LogP contribution >= 0.6 is 0 Å². The van der Waals surface area contributed by atoms with Gasteiger partial charge in [0.1, 0.15) is 0 Å². The largest absolute Gasteiger partial charge is 2.00 e. The van der Waals surface area contributed by atoms with Gasteiger partial charge in [0.15, 0.2) is 12.2 Å². The second kappa shape index (κ2) is 6.23. The Morgan fingerprint density at radius 2 is 1.22 bits per heavy atom. The van der Waals surface area contributed by atoms with Crippen molar-refractivity contribution in [3.05, 3.63) is 0 Å². The van der Waals surface area contributed by atoms with E-state index in [2.05, 4.69) is 10.2 Å². The van der Waals surface area contributed by atoms with Crippen LogP contribution in [0.15, 0.2) is 10.2 Å². The molecule has 0 saturated heterocycles. The van der Waals surface area contributed by atoms with Crippen LogP contribution in [-0.2, 0) is 0 Å². The van der Waals surface area contributed by atoms with Crippen molar-refractivity contribution in [2.24, 2.45) is 10.2 Å². The number of azo groups is 1. The second-order valence-corrected chi connectivity index (χ2v) is 0.732. The van der Waals surface area contributed by atoms with Gasteiger partial charge in [0.2, 0.25) is 0 Å². The molecular weight excluding hydrogens is 253 g/mol. The standard InChI is InChI=1S/C2H2N2O4.Ba/c5-1(6)3-4-2(7)8;/h(H,5,6)(H,7,8);/q;+2/p-2. The van der Waals surface area contributed by atoms with Crippen LogP contribution in [0.3, 0.4) is 0 Å². The van der Waals surface area contributed by atoms with E-state index in [0.717, 1.165) is 0 Å². The third kappa shape index (κ3) is 11.6. The number of hydrogen-bond acceptors (Lipinski definition) is 4. The zero-order valence-electron chi connectivity index (χ0n) is 4.23. The quantitative estimate of drug-likeness (QED) is 0.359. The zero-order valence-corrected chi connectivity index (χ0v) is 8.68. The number of rotatable bonds is 0. The summed E-state index contributed by atoms with van der Waals surface area (Å²) in [6, 6.07) is 0. The van der Waals surface area contributed by atoms with Gasteiger partial charge in [-0.1, -0.05) is 0 Å². The van der Waals surface area contributed by atoms with E-state index in [4.69, 9.17) is 0 Å². The van der Waals surface area contributed by atoms with E-state index in [1.807, 2.05) is 0 Å². The molecule has 0 N–H and O–H groups in total. The van der Waals surface area contributed by atoms with Crippen LogP contribution in [0.1, 0.15) is 0 Å². The predicted octanol–water partition coefficient (Wildman–Crippen LogP) is -2.26. The molecule has 2 amide bonds. The fourth-order valence-electron chi connectivity index (χ4n) is 0.0816. The van der Waals surface area contributed by atoms with E-state index in [1.165, 1.54) is 0 Å². The van der Waals surface area contributed by atoms with E-state index in [9.17, 15) is 19.8 Å². The summed E-state index contributed by atoms with van der Waals surface area (Å²) in [6.45, 7) is 0. The summed E-state index contributed by atoms with van der Waals surface area (Å²) in [4.78, 5) is 18.5. The molecule has 0 bridgehead atoms. The van der Waals surface area contributed by atoms with E-state index in [1.54, 1.807) is 0 Å². The summed E-state index contributed by atoms with van der Waals surface area (Å²) < 4.78 is 0. The summed E-state index contributed by atoms with van der Waals surface area (Å²) in [5.41, 5.74) is 0. The van der Waals surface area contributed by atoms with Crippen LogP contribution in [0.25, 0.3) is 0 Å². The fourth-order valence-corrected chi connectivity index (χ4v) is 0.0816. The molecule has 44 valence electrons. The third-order valence-electron chi connectivity index (χ3n) is 0.213. The van der Waals surface area contributed by atoms with Gasteiger partial charge in [-0.05, 0) is 0 Å². The molecule has 0 aliphatic heterocycles. The number of amides is 2. The van der Waals surface area contributed by atoms with Gasteiger partial charge < -0.3 is 19.8 Å². The molecule has 0 fully saturated rings. The first-order valence-electron chi connectivity index (χ1n) is 1.46. The smallest absolute Gasteiger partial charge is 0.527 e. The number of carboxylic acid groups (broad SMARTS) is 2. The van der Waals surface area contributed by atoms with E-state index in [-0.39, 0.29) is 48.9 Å². The molecule has 9 heavy (non-hydrogen) atoms. The Bertz CT molecular complexity index is 128. The van der Waals surface area contributed by atoms with Gasteiger partial charge in [0.25, 0.3) is 0 Å². The Morgan fingerprint density at radius 1 is 1.00 bits per heavy atom. The molecule has 0 aliphatic carbocycles. The molecule has 0 unspecified atom stereocenters. The van der Waals surface area contributed by atoms with Crippen molar-refractivity contribution in [2.45, 2.75) is 0 Å². The Morgan fingerprint density at radius 3 is 1.33 bits per heavy atom. The Hall–Kier alpha value is 0.111. The zero-order chi connectivity index (χ0) is 6.57. The van der Waals surface area contributed by atoms with Gasteiger partial charge >= 0.3 is 48.9 Å². The maximum Gasteiger partial charge on any atom is 2.00 e. The van der Waals surface area contributed by atoms with Gasteiger partial charge in [-0.25, -0.2) is 0 Å². The molecule has 0 aromatic carbocycles. The van der Waals surface area contributed by atoms with Crippen molar-refractivity contribution in [1.29, 1.82) is 0 Å². The number of nitrogens with zero attached hydrogens (tertiary/aromatic N) is 2. The van der Waals surface area contributed by atoms with Crippen molar-refractivity contribution >= 4 is 61.1 Å². The maximum absolute atomic E-state index is 9.24. The van der Waals surface area contributed by atoms with Gasteiger partial charge in [0, 0.05) is 0 Å². The minimum Gasteiger partial charge on any atom is -0.527 e. The SMILES string of the molecule is O=C([O-])N=NC(=O)[O-].[Ba+2]. The number of hydrogen-bond donors (Lipinski definition) is 0. The topological polar surface area (TPSA) is 105 Å². The van der Waals surface area contributed by atoms with Crippen LogP contribution in [0.4, 0.5) is 9.59 Å². The molecule has 0 rings (SSSR count). The van der Waals surface area contributed by atoms with Crippen LogP contribution in [-0.4, -0.2) is 61.1 Å². The first-order valence-corrected chi connectivity index (χ1v) is 1.46. The molecule has 7 heteroatoms. The summed E-state index contributed by atoms with van der Waals surface area (Å²) in [6.07, 6.45) is -3.82. The van der Waals surface area contributed by atoms with Gasteiger partial charge in [-0.3, -0.25) is 0 Å². The van der Waals surface area contributed by atoms with Gasteiger partial charge in [-0.2, -0.15) is 0 Å². The van der Waals surface area contributed by atoms with Crippen LogP contribution in [0.5, 0.6) is 0 Å². The average molecular weight is 253 g/mol. The Labute approximate surface area is 90.0 Å². The predicted molar refractivity (Wildman–Crippen MR) is 21.4 cm³/mol. The molecule has 0 atom stereocenters. The van der Waals surface area contributed by atoms with Gasteiger partial charge in [0.05, 0.1) is 0 Å². The summed E-state index contributed by atoms with van der Waals surface area (Å²) in [7, 11) is 0. The van der Waals surface area contributed by atoms with E-state index >= 15 is 0 Å². The van der Waals surface area contributed by atoms with E-state index < -0.39 is 12.2 Å². The van der Waals surface area contributed by atoms with Crippen molar-refractivity contribution in [3.8, 4) is 0 Å². The molecule has 0 heterocycles. The number of carbonyl (C=O) groups excluding carboxylic acids is 2. The minimum atomic E-state index is -1.91. The molecule has 0 saturated carbocycles. The molecule has 0 aromatic rings. The summed E-state index contributed by atoms with van der Waals surface area (Å²) in [5, 5.41) is 22.7. The first kappa shape index (κ1) is 11.9. The Balaban J connectivity index is 0. The maximum atomic E-state index is 9.24. The van der Waals surface area contributed by atoms with Crippen molar-refractivity contribution < 1.29 is 19.8 Å². The minimum absolute atomic E-state index is 0. The summed E-state index contributed by atoms with van der Waals surface area (Å²) >= 11 is 0. The molecular formula is C2BaN2O4. The van der Waals surface area contributed by atoms with Crippen molar-refractivity contribution in [1.82, 2.24) is 0 Å². The van der Waals surface area contributed by atoms with Crippen molar-refractivity contribution in [2.75, 3.05) is 0 Å². The molecule has 0 aliphatic rings. The van der Waals surface area contributed by atoms with Crippen LogP contribution in [0.2, 0.25) is 0 Å². The first-order chi connectivity index (χ1) is 3.63. The molecule has 6 nitrogen and oxygen atoms in total.